The summed E-state index contributed by atoms with van der Waals surface area (Å²) in [6.45, 7) is 10.7. The lowest BCUT2D eigenvalue weighted by Gasteiger charge is -2.47. The van der Waals surface area contributed by atoms with Crippen molar-refractivity contribution in [2.24, 2.45) is 5.41 Å². The van der Waals surface area contributed by atoms with E-state index in [1.807, 2.05) is 0 Å². The van der Waals surface area contributed by atoms with E-state index in [2.05, 4.69) is 34.6 Å². The van der Waals surface area contributed by atoms with Crippen LogP contribution in [0.4, 0.5) is 0 Å². The van der Waals surface area contributed by atoms with Crippen LogP contribution in [0.3, 0.4) is 0 Å². The fourth-order valence-corrected chi connectivity index (χ4v) is 8.75. The Labute approximate surface area is 97.1 Å². The Morgan fingerprint density at radius 2 is 1.23 bits per heavy atom. The second-order valence-corrected chi connectivity index (χ2v) is 13.3. The summed E-state index contributed by atoms with van der Waals surface area (Å²) in [6, 6.07) is -2.66. The molecular formula is C9H19Cl3Si. The maximum atomic E-state index is 6.21. The Morgan fingerprint density at radius 3 is 1.23 bits per heavy atom. The first-order valence-electron chi connectivity index (χ1n) is 4.69. The second kappa shape index (κ2) is 4.30. The van der Waals surface area contributed by atoms with Gasteiger partial charge in [0.25, 0.3) is 0 Å². The van der Waals surface area contributed by atoms with Crippen LogP contribution in [0.1, 0.15) is 47.5 Å². The van der Waals surface area contributed by atoms with E-state index in [-0.39, 0.29) is 10.5 Å². The minimum Gasteiger partial charge on any atom is -0.125 e. The predicted molar refractivity (Wildman–Crippen MR) is 66.0 cm³/mol. The molecule has 0 saturated heterocycles. The highest BCUT2D eigenvalue weighted by atomic mass is 35.8. The number of rotatable bonds is 3. The molecule has 0 aliphatic heterocycles. The zero-order valence-corrected chi connectivity index (χ0v) is 12.3. The van der Waals surface area contributed by atoms with Crippen LogP contribution in [0.2, 0.25) is 5.04 Å². The van der Waals surface area contributed by atoms with Crippen molar-refractivity contribution in [1.29, 1.82) is 0 Å². The third-order valence-electron chi connectivity index (χ3n) is 3.19. The summed E-state index contributed by atoms with van der Waals surface area (Å²) in [5.74, 6) is 0. The fraction of sp³-hybridized carbons (Fsp3) is 1.00. The molecule has 0 fully saturated rings. The van der Waals surface area contributed by atoms with Crippen molar-refractivity contribution in [2.45, 2.75) is 52.5 Å². The van der Waals surface area contributed by atoms with Crippen molar-refractivity contribution in [3.8, 4) is 0 Å². The summed E-state index contributed by atoms with van der Waals surface area (Å²) in [5.41, 5.74) is 0.0635. The maximum absolute atomic E-state index is 6.21. The van der Waals surface area contributed by atoms with E-state index >= 15 is 0 Å². The van der Waals surface area contributed by atoms with Gasteiger partial charge in [-0.1, -0.05) is 34.6 Å². The monoisotopic (exact) mass is 260 g/mol. The Morgan fingerprint density at radius 1 is 0.923 bits per heavy atom. The second-order valence-electron chi connectivity index (χ2n) is 4.54. The molecule has 0 N–H and O–H groups in total. The van der Waals surface area contributed by atoms with E-state index in [0.717, 1.165) is 12.8 Å². The van der Waals surface area contributed by atoms with Crippen LogP contribution in [-0.4, -0.2) is 6.00 Å². The van der Waals surface area contributed by atoms with Crippen LogP contribution in [0.25, 0.3) is 0 Å². The number of hydrogen-bond donors (Lipinski definition) is 0. The molecule has 4 heteroatoms. The van der Waals surface area contributed by atoms with E-state index < -0.39 is 6.00 Å². The van der Waals surface area contributed by atoms with E-state index in [0.29, 0.717) is 0 Å². The Kier molecular flexibility index (Phi) is 4.66. The van der Waals surface area contributed by atoms with Gasteiger partial charge in [0.1, 0.15) is 0 Å². The third-order valence-corrected chi connectivity index (χ3v) is 8.98. The first-order valence-corrected chi connectivity index (χ1v) is 9.72. The van der Waals surface area contributed by atoms with Gasteiger partial charge in [0.2, 0.25) is 0 Å². The van der Waals surface area contributed by atoms with Gasteiger partial charge in [0, 0.05) is 5.04 Å². The van der Waals surface area contributed by atoms with Crippen molar-refractivity contribution in [3.05, 3.63) is 0 Å². The minimum atomic E-state index is -2.66. The molecular weight excluding hydrogens is 243 g/mol. The molecule has 0 amide bonds. The SMILES string of the molecule is CCC(CC)(C(C)(C)C)[Si](Cl)(Cl)Cl. The van der Waals surface area contributed by atoms with Crippen molar-refractivity contribution < 1.29 is 0 Å². The highest BCUT2D eigenvalue weighted by Gasteiger charge is 2.55. The molecule has 0 aromatic heterocycles. The Bertz CT molecular complexity index is 147. The lowest BCUT2D eigenvalue weighted by atomic mass is 9.76. The molecule has 0 aliphatic carbocycles. The average molecular weight is 262 g/mol. The predicted octanol–water partition coefficient (Wildman–Crippen LogP) is 5.25. The molecule has 0 bridgehead atoms. The molecule has 0 aromatic carbocycles. The molecule has 13 heavy (non-hydrogen) atoms. The van der Waals surface area contributed by atoms with Gasteiger partial charge in [-0.05, 0) is 18.3 Å². The lowest BCUT2D eigenvalue weighted by molar-refractivity contribution is 0.242. The zero-order valence-electron chi connectivity index (χ0n) is 9.05. The summed E-state index contributed by atoms with van der Waals surface area (Å²) in [7, 11) is 0. The van der Waals surface area contributed by atoms with Crippen molar-refractivity contribution >= 4 is 39.2 Å². The van der Waals surface area contributed by atoms with Crippen molar-refractivity contribution in [3.63, 3.8) is 0 Å². The largest absolute Gasteiger partial charge is 0.347 e. The van der Waals surface area contributed by atoms with E-state index in [9.17, 15) is 0 Å². The normalized spacial score (nSPS) is 14.8. The topological polar surface area (TPSA) is 0 Å². The molecule has 0 radical (unpaired) electrons. The van der Waals surface area contributed by atoms with Gasteiger partial charge in [0.05, 0.1) is 0 Å². The van der Waals surface area contributed by atoms with Gasteiger partial charge in [0.15, 0.2) is 0 Å². The summed E-state index contributed by atoms with van der Waals surface area (Å²) in [5, 5.41) is -0.106. The van der Waals surface area contributed by atoms with Gasteiger partial charge < -0.3 is 0 Å². The molecule has 80 valence electrons. The summed E-state index contributed by atoms with van der Waals surface area (Å²) in [6.07, 6.45) is 1.88. The average Bonchev–Trinajstić information content (AvgIpc) is 1.84. The molecule has 0 rings (SSSR count). The zero-order chi connectivity index (χ0) is 10.9. The molecule has 0 unspecified atom stereocenters. The summed E-state index contributed by atoms with van der Waals surface area (Å²) in [4.78, 5) is 0. The first kappa shape index (κ1) is 14.1. The summed E-state index contributed by atoms with van der Waals surface area (Å²) >= 11 is 18.6. The highest BCUT2D eigenvalue weighted by molar-refractivity contribution is 7.65. The molecule has 0 heterocycles. The van der Waals surface area contributed by atoms with Gasteiger partial charge >= 0.3 is 6.00 Å². The Hall–Kier alpha value is 1.09. The highest BCUT2D eigenvalue weighted by Crippen LogP contribution is 2.61. The van der Waals surface area contributed by atoms with E-state index in [1.54, 1.807) is 0 Å². The fourth-order valence-electron chi connectivity index (χ4n) is 2.14. The van der Waals surface area contributed by atoms with Crippen molar-refractivity contribution in [1.82, 2.24) is 0 Å². The van der Waals surface area contributed by atoms with Crippen molar-refractivity contribution in [2.75, 3.05) is 0 Å². The van der Waals surface area contributed by atoms with Crippen LogP contribution in [0.15, 0.2) is 0 Å². The molecule has 0 nitrogen and oxygen atoms in total. The van der Waals surface area contributed by atoms with Gasteiger partial charge in [-0.15, -0.1) is 33.2 Å². The van der Waals surface area contributed by atoms with Crippen LogP contribution >= 0.6 is 33.2 Å². The van der Waals surface area contributed by atoms with Crippen LogP contribution in [-0.2, 0) is 0 Å². The van der Waals surface area contributed by atoms with E-state index in [1.165, 1.54) is 0 Å². The van der Waals surface area contributed by atoms with Crippen LogP contribution in [0.5, 0.6) is 0 Å². The quantitative estimate of drug-likeness (QED) is 0.481. The standard InChI is InChI=1S/C9H19Cl3Si/c1-6-9(7-2,8(3,4)5)13(10,11)12/h6-7H2,1-5H3. The summed E-state index contributed by atoms with van der Waals surface area (Å²) < 4.78 is 0. The van der Waals surface area contributed by atoms with Gasteiger partial charge in [-0.3, -0.25) is 0 Å². The molecule has 0 aromatic rings. The van der Waals surface area contributed by atoms with Gasteiger partial charge in [-0.25, -0.2) is 0 Å². The van der Waals surface area contributed by atoms with Crippen LogP contribution in [0, 0.1) is 5.41 Å². The van der Waals surface area contributed by atoms with Gasteiger partial charge in [-0.2, -0.15) is 0 Å². The third kappa shape index (κ3) is 2.56. The lowest BCUT2D eigenvalue weighted by Crippen LogP contribution is -2.42. The van der Waals surface area contributed by atoms with Crippen LogP contribution < -0.4 is 0 Å². The molecule has 0 spiro atoms. The first-order chi connectivity index (χ1) is 5.62. The van der Waals surface area contributed by atoms with E-state index in [4.69, 9.17) is 33.2 Å². The molecule has 0 saturated carbocycles. The molecule has 0 atom stereocenters. The maximum Gasteiger partial charge on any atom is 0.347 e. The number of hydrogen-bond acceptors (Lipinski definition) is 0. The number of halogens is 3. The smallest absolute Gasteiger partial charge is 0.125 e. The Balaban J connectivity index is 5.17. The minimum absolute atomic E-state index is 0.0635. The molecule has 0 aliphatic rings.